The van der Waals surface area contributed by atoms with Crippen LogP contribution >= 0.6 is 0 Å². The SMILES string of the molecule is CCC(=O)OC[C@H]1O[C@H](O[C@]2(CO)C[C@H](CO)[C@H](O)[C@H]2O)[C@H](O)[C@@H](O)[C@@H]1O. The number of carbonyl (C=O) groups excluding carboxylic acids is 1. The number of hydrogen-bond acceptors (Lipinski definition) is 11. The van der Waals surface area contributed by atoms with Crippen molar-refractivity contribution < 1.29 is 54.8 Å². The van der Waals surface area contributed by atoms with E-state index in [-0.39, 0.29) is 12.8 Å². The van der Waals surface area contributed by atoms with Gasteiger partial charge in [-0.2, -0.15) is 0 Å². The average molecular weight is 396 g/mol. The summed E-state index contributed by atoms with van der Waals surface area (Å²) in [4.78, 5) is 11.3. The minimum atomic E-state index is -1.76. The van der Waals surface area contributed by atoms with Gasteiger partial charge >= 0.3 is 5.97 Å². The van der Waals surface area contributed by atoms with E-state index in [4.69, 9.17) is 14.2 Å². The Labute approximate surface area is 155 Å². The molecule has 0 bridgehead atoms. The minimum Gasteiger partial charge on any atom is -0.463 e. The highest BCUT2D eigenvalue weighted by Gasteiger charge is 2.56. The second-order valence-corrected chi connectivity index (χ2v) is 6.97. The molecule has 158 valence electrons. The van der Waals surface area contributed by atoms with Gasteiger partial charge in [-0.3, -0.25) is 4.79 Å². The fraction of sp³-hybridized carbons (Fsp3) is 0.938. The Morgan fingerprint density at radius 1 is 1.07 bits per heavy atom. The van der Waals surface area contributed by atoms with Crippen molar-refractivity contribution in [2.24, 2.45) is 5.92 Å². The van der Waals surface area contributed by atoms with Gasteiger partial charge in [-0.1, -0.05) is 6.92 Å². The van der Waals surface area contributed by atoms with Gasteiger partial charge in [0.1, 0.15) is 42.7 Å². The van der Waals surface area contributed by atoms with Gasteiger partial charge in [0.15, 0.2) is 6.29 Å². The van der Waals surface area contributed by atoms with Gasteiger partial charge in [0.05, 0.1) is 12.7 Å². The maximum absolute atomic E-state index is 11.3. The smallest absolute Gasteiger partial charge is 0.305 e. The predicted octanol–water partition coefficient (Wildman–Crippen LogP) is -3.77. The third-order valence-electron chi connectivity index (χ3n) is 5.17. The highest BCUT2D eigenvalue weighted by molar-refractivity contribution is 5.68. The molecule has 0 amide bonds. The van der Waals surface area contributed by atoms with E-state index in [2.05, 4.69) is 0 Å². The normalized spacial score (nSPS) is 45.0. The third-order valence-corrected chi connectivity index (χ3v) is 5.17. The zero-order valence-corrected chi connectivity index (χ0v) is 14.9. The van der Waals surface area contributed by atoms with Crippen LogP contribution in [0.4, 0.5) is 0 Å². The van der Waals surface area contributed by atoms with Crippen molar-refractivity contribution in [2.45, 2.75) is 68.3 Å². The number of esters is 1. The molecular formula is C16H28O11. The Balaban J connectivity index is 2.14. The summed E-state index contributed by atoms with van der Waals surface area (Å²) < 4.78 is 15.8. The lowest BCUT2D eigenvalue weighted by molar-refractivity contribution is -0.339. The molecule has 0 aromatic heterocycles. The van der Waals surface area contributed by atoms with Crippen LogP contribution in [-0.2, 0) is 19.0 Å². The summed E-state index contributed by atoms with van der Waals surface area (Å²) in [6.45, 7) is -0.0643. The second-order valence-electron chi connectivity index (χ2n) is 6.97. The molecule has 1 saturated carbocycles. The second kappa shape index (κ2) is 9.07. The standard InChI is InChI=1S/C16H28O11/c1-2-9(19)25-5-8-11(21)12(22)13(23)15(26-8)27-16(6-18)3-7(4-17)10(20)14(16)24/h7-8,10-15,17-18,20-24H,2-6H2,1H3/t7-,8-,10+,11-,12+,13-,14-,15-,16+/m1/s1. The fourth-order valence-electron chi connectivity index (χ4n) is 3.40. The molecule has 11 nitrogen and oxygen atoms in total. The molecule has 0 spiro atoms. The van der Waals surface area contributed by atoms with Crippen LogP contribution in [0.3, 0.4) is 0 Å². The first kappa shape index (κ1) is 22.4. The quantitative estimate of drug-likeness (QED) is 0.209. The molecule has 27 heavy (non-hydrogen) atoms. The molecular weight excluding hydrogens is 368 g/mol. The van der Waals surface area contributed by atoms with E-state index in [0.29, 0.717) is 0 Å². The molecule has 2 rings (SSSR count). The Kier molecular flexibility index (Phi) is 7.53. The number of hydrogen-bond donors (Lipinski definition) is 7. The zero-order chi connectivity index (χ0) is 20.4. The van der Waals surface area contributed by atoms with Crippen LogP contribution < -0.4 is 0 Å². The van der Waals surface area contributed by atoms with E-state index in [0.717, 1.165) is 0 Å². The highest BCUT2D eigenvalue weighted by Crippen LogP contribution is 2.40. The van der Waals surface area contributed by atoms with Crippen LogP contribution in [0.5, 0.6) is 0 Å². The molecule has 2 aliphatic rings. The maximum Gasteiger partial charge on any atom is 0.305 e. The van der Waals surface area contributed by atoms with Crippen LogP contribution in [-0.4, -0.2) is 110 Å². The first-order valence-electron chi connectivity index (χ1n) is 8.81. The summed E-state index contributed by atoms with van der Waals surface area (Å²) in [5.74, 6) is -1.33. The Morgan fingerprint density at radius 3 is 2.26 bits per heavy atom. The fourth-order valence-corrected chi connectivity index (χ4v) is 3.40. The van der Waals surface area contributed by atoms with Gasteiger partial charge in [0.2, 0.25) is 0 Å². The monoisotopic (exact) mass is 396 g/mol. The van der Waals surface area contributed by atoms with Gasteiger partial charge in [-0.25, -0.2) is 0 Å². The highest BCUT2D eigenvalue weighted by atomic mass is 16.7. The van der Waals surface area contributed by atoms with Gasteiger partial charge in [0, 0.05) is 18.9 Å². The summed E-state index contributed by atoms with van der Waals surface area (Å²) in [6, 6.07) is 0. The molecule has 0 unspecified atom stereocenters. The lowest BCUT2D eigenvalue weighted by atomic mass is 9.96. The number of rotatable bonds is 7. The lowest BCUT2D eigenvalue weighted by Gasteiger charge is -2.44. The Hall–Kier alpha value is -0.890. The van der Waals surface area contributed by atoms with Crippen molar-refractivity contribution in [3.63, 3.8) is 0 Å². The third kappa shape index (κ3) is 4.42. The maximum atomic E-state index is 11.3. The number of carbonyl (C=O) groups is 1. The van der Waals surface area contributed by atoms with E-state index in [1.165, 1.54) is 0 Å². The zero-order valence-electron chi connectivity index (χ0n) is 14.9. The topological polar surface area (TPSA) is 186 Å². The predicted molar refractivity (Wildman–Crippen MR) is 86.0 cm³/mol. The molecule has 2 fully saturated rings. The molecule has 7 N–H and O–H groups in total. The van der Waals surface area contributed by atoms with Gasteiger partial charge in [-0.15, -0.1) is 0 Å². The van der Waals surface area contributed by atoms with Crippen LogP contribution in [0.1, 0.15) is 19.8 Å². The van der Waals surface area contributed by atoms with Crippen molar-refractivity contribution in [2.75, 3.05) is 19.8 Å². The van der Waals surface area contributed by atoms with Crippen LogP contribution in [0.2, 0.25) is 0 Å². The molecule has 1 saturated heterocycles. The largest absolute Gasteiger partial charge is 0.463 e. The van der Waals surface area contributed by atoms with Gasteiger partial charge in [0.25, 0.3) is 0 Å². The van der Waals surface area contributed by atoms with Crippen molar-refractivity contribution >= 4 is 5.97 Å². The Bertz CT molecular complexity index is 503. The molecule has 9 atom stereocenters. The summed E-state index contributed by atoms with van der Waals surface area (Å²) in [7, 11) is 0. The Morgan fingerprint density at radius 2 is 1.74 bits per heavy atom. The first-order valence-corrected chi connectivity index (χ1v) is 8.81. The van der Waals surface area contributed by atoms with Crippen molar-refractivity contribution in [1.29, 1.82) is 0 Å². The first-order chi connectivity index (χ1) is 12.7. The molecule has 0 aromatic carbocycles. The summed E-state index contributed by atoms with van der Waals surface area (Å²) in [5, 5.41) is 69.5. The lowest BCUT2D eigenvalue weighted by Crippen LogP contribution is -2.62. The molecule has 1 aliphatic carbocycles. The summed E-state index contributed by atoms with van der Waals surface area (Å²) >= 11 is 0. The molecule has 11 heteroatoms. The van der Waals surface area contributed by atoms with E-state index >= 15 is 0 Å². The van der Waals surface area contributed by atoms with Crippen molar-refractivity contribution in [1.82, 2.24) is 0 Å². The van der Waals surface area contributed by atoms with Crippen molar-refractivity contribution in [3.05, 3.63) is 0 Å². The van der Waals surface area contributed by atoms with E-state index in [1.54, 1.807) is 6.92 Å². The average Bonchev–Trinajstić information content (AvgIpc) is 2.92. The van der Waals surface area contributed by atoms with Crippen LogP contribution in [0.25, 0.3) is 0 Å². The molecule has 0 radical (unpaired) electrons. The van der Waals surface area contributed by atoms with Gasteiger partial charge in [-0.05, 0) is 6.42 Å². The van der Waals surface area contributed by atoms with Crippen LogP contribution in [0, 0.1) is 5.92 Å². The van der Waals surface area contributed by atoms with Crippen molar-refractivity contribution in [3.8, 4) is 0 Å². The van der Waals surface area contributed by atoms with E-state index in [1.807, 2.05) is 0 Å². The molecule has 1 aliphatic heterocycles. The summed E-state index contributed by atoms with van der Waals surface area (Å²) in [5.41, 5.74) is -1.76. The molecule has 0 aromatic rings. The van der Waals surface area contributed by atoms with E-state index < -0.39 is 80.2 Å². The molecule has 1 heterocycles. The minimum absolute atomic E-state index is 0.0914. The van der Waals surface area contributed by atoms with E-state index in [9.17, 15) is 40.5 Å². The van der Waals surface area contributed by atoms with Gasteiger partial charge < -0.3 is 50.0 Å². The summed E-state index contributed by atoms with van der Waals surface area (Å²) in [6.07, 6.45) is -10.8. The number of ether oxygens (including phenoxy) is 3. The van der Waals surface area contributed by atoms with Crippen LogP contribution in [0.15, 0.2) is 0 Å². The number of aliphatic hydroxyl groups is 7. The number of aliphatic hydroxyl groups excluding tert-OH is 7.